The summed E-state index contributed by atoms with van der Waals surface area (Å²) in [4.78, 5) is 15.4. The third kappa shape index (κ3) is 2.18. The normalized spacial score (nSPS) is 24.4. The lowest BCUT2D eigenvalue weighted by Gasteiger charge is -2.13. The topological polar surface area (TPSA) is 51.2 Å². The lowest BCUT2D eigenvalue weighted by molar-refractivity contribution is -0.142. The maximum atomic E-state index is 11.3. The summed E-state index contributed by atoms with van der Waals surface area (Å²) in [5.74, 6) is -0.220. The van der Waals surface area contributed by atoms with Gasteiger partial charge in [0.2, 0.25) is 0 Å². The zero-order chi connectivity index (χ0) is 11.5. The highest BCUT2D eigenvalue weighted by molar-refractivity contribution is 6.31. The average molecular weight is 241 g/mol. The average Bonchev–Trinajstić information content (AvgIpc) is 2.78. The smallest absolute Gasteiger partial charge is 0.322 e. The molecule has 2 heterocycles. The first kappa shape index (κ1) is 11.4. The number of carbonyl (C=O) groups is 1. The molecule has 0 radical (unpaired) electrons. The van der Waals surface area contributed by atoms with Crippen molar-refractivity contribution in [2.75, 3.05) is 7.11 Å². The Hall–Kier alpha value is -1.13. The van der Waals surface area contributed by atoms with Crippen molar-refractivity contribution in [3.8, 4) is 0 Å². The van der Waals surface area contributed by atoms with Crippen LogP contribution in [0.4, 0.5) is 0 Å². The summed E-state index contributed by atoms with van der Waals surface area (Å²) in [6.07, 6.45) is 5.02. The van der Waals surface area contributed by atoms with Crippen molar-refractivity contribution in [3.05, 3.63) is 29.0 Å². The Kier molecular flexibility index (Phi) is 3.41. The van der Waals surface area contributed by atoms with Gasteiger partial charge in [-0.05, 0) is 18.9 Å². The van der Waals surface area contributed by atoms with Crippen LogP contribution in [0.25, 0.3) is 0 Å². The van der Waals surface area contributed by atoms with Gasteiger partial charge >= 0.3 is 5.97 Å². The molecular weight excluding hydrogens is 228 g/mol. The molecule has 0 saturated carbocycles. The largest absolute Gasteiger partial charge is 0.468 e. The van der Waals surface area contributed by atoms with Crippen LogP contribution in [0.1, 0.15) is 24.4 Å². The molecule has 1 aliphatic heterocycles. The predicted molar refractivity (Wildman–Crippen MR) is 60.2 cm³/mol. The van der Waals surface area contributed by atoms with Gasteiger partial charge in [0.15, 0.2) is 0 Å². The molecule has 1 N–H and O–H groups in total. The number of nitrogens with zero attached hydrogens (tertiary/aromatic N) is 1. The van der Waals surface area contributed by atoms with Crippen molar-refractivity contribution in [1.29, 1.82) is 0 Å². The Morgan fingerprint density at radius 1 is 1.62 bits per heavy atom. The molecule has 1 aliphatic rings. The first-order chi connectivity index (χ1) is 7.72. The summed E-state index contributed by atoms with van der Waals surface area (Å²) >= 11 is 6.07. The van der Waals surface area contributed by atoms with Crippen LogP contribution in [0.2, 0.25) is 5.02 Å². The fourth-order valence-electron chi connectivity index (χ4n) is 1.96. The Bertz CT molecular complexity index is 397. The van der Waals surface area contributed by atoms with Crippen molar-refractivity contribution in [2.24, 2.45) is 0 Å². The van der Waals surface area contributed by atoms with Crippen molar-refractivity contribution in [1.82, 2.24) is 10.3 Å². The number of halogens is 1. The number of aromatic nitrogens is 1. The third-order valence-electron chi connectivity index (χ3n) is 2.80. The van der Waals surface area contributed by atoms with Gasteiger partial charge in [-0.2, -0.15) is 0 Å². The molecule has 1 fully saturated rings. The Balaban J connectivity index is 2.09. The van der Waals surface area contributed by atoms with Crippen LogP contribution in [0, 0.1) is 0 Å². The van der Waals surface area contributed by atoms with E-state index < -0.39 is 0 Å². The van der Waals surface area contributed by atoms with Gasteiger partial charge in [-0.15, -0.1) is 0 Å². The van der Waals surface area contributed by atoms with Crippen molar-refractivity contribution in [2.45, 2.75) is 24.9 Å². The molecule has 0 aromatic carbocycles. The Morgan fingerprint density at radius 3 is 3.12 bits per heavy atom. The number of rotatable bonds is 2. The van der Waals surface area contributed by atoms with Gasteiger partial charge in [-0.3, -0.25) is 15.1 Å². The number of carbonyl (C=O) groups excluding carboxylic acids is 1. The Morgan fingerprint density at radius 2 is 2.44 bits per heavy atom. The fraction of sp³-hybridized carbons (Fsp3) is 0.455. The molecule has 1 aromatic rings. The van der Waals surface area contributed by atoms with Crippen LogP contribution in [0.5, 0.6) is 0 Å². The van der Waals surface area contributed by atoms with E-state index in [0.717, 1.165) is 18.4 Å². The molecule has 0 spiro atoms. The van der Waals surface area contributed by atoms with Crippen LogP contribution in [-0.4, -0.2) is 24.1 Å². The van der Waals surface area contributed by atoms with Crippen molar-refractivity contribution in [3.63, 3.8) is 0 Å². The summed E-state index contributed by atoms with van der Waals surface area (Å²) in [6.45, 7) is 0. The number of esters is 1. The monoisotopic (exact) mass is 240 g/mol. The van der Waals surface area contributed by atoms with E-state index in [1.807, 2.05) is 0 Å². The number of hydrogen-bond donors (Lipinski definition) is 1. The SMILES string of the molecule is COC(=O)[C@@H]1CC[C@H](c2cnccc2Cl)N1. The second-order valence-electron chi connectivity index (χ2n) is 3.77. The minimum atomic E-state index is -0.230. The second kappa shape index (κ2) is 4.80. The molecule has 86 valence electrons. The van der Waals surface area contributed by atoms with Gasteiger partial charge in [0.05, 0.1) is 7.11 Å². The van der Waals surface area contributed by atoms with Gasteiger partial charge in [0.1, 0.15) is 6.04 Å². The van der Waals surface area contributed by atoms with Crippen LogP contribution < -0.4 is 5.32 Å². The predicted octanol–water partition coefficient (Wildman–Crippen LogP) is 1.70. The van der Waals surface area contributed by atoms with Gasteiger partial charge < -0.3 is 4.74 Å². The maximum absolute atomic E-state index is 11.3. The molecule has 2 atom stereocenters. The summed E-state index contributed by atoms with van der Waals surface area (Å²) in [5.41, 5.74) is 0.940. The molecule has 0 bridgehead atoms. The van der Waals surface area contributed by atoms with Crippen LogP contribution >= 0.6 is 11.6 Å². The minimum absolute atomic E-state index is 0.0882. The van der Waals surface area contributed by atoms with E-state index >= 15 is 0 Å². The van der Waals surface area contributed by atoms with Crippen molar-refractivity contribution < 1.29 is 9.53 Å². The minimum Gasteiger partial charge on any atom is -0.468 e. The Labute approximate surface area is 99.0 Å². The summed E-state index contributed by atoms with van der Waals surface area (Å²) in [6, 6.07) is 1.61. The molecule has 16 heavy (non-hydrogen) atoms. The molecule has 0 aliphatic carbocycles. The standard InChI is InChI=1S/C11H13ClN2O2/c1-16-11(15)10-3-2-9(14-10)7-6-13-5-4-8(7)12/h4-6,9-10,14H,2-3H2,1H3/t9-,10+/m1/s1. The second-order valence-corrected chi connectivity index (χ2v) is 4.18. The third-order valence-corrected chi connectivity index (χ3v) is 3.15. The van der Waals surface area contributed by atoms with E-state index in [1.54, 1.807) is 18.5 Å². The van der Waals surface area contributed by atoms with E-state index in [2.05, 4.69) is 10.3 Å². The van der Waals surface area contributed by atoms with Gasteiger partial charge in [-0.1, -0.05) is 11.6 Å². The van der Waals surface area contributed by atoms with Gasteiger partial charge in [-0.25, -0.2) is 0 Å². The molecule has 2 rings (SSSR count). The van der Waals surface area contributed by atoms with E-state index in [-0.39, 0.29) is 18.1 Å². The van der Waals surface area contributed by atoms with Crippen LogP contribution in [-0.2, 0) is 9.53 Å². The highest BCUT2D eigenvalue weighted by Crippen LogP contribution is 2.30. The summed E-state index contributed by atoms with van der Waals surface area (Å²) in [5, 5.41) is 3.88. The molecule has 0 unspecified atom stereocenters. The molecular formula is C11H13ClN2O2. The zero-order valence-corrected chi connectivity index (χ0v) is 9.70. The lowest BCUT2D eigenvalue weighted by atomic mass is 10.1. The quantitative estimate of drug-likeness (QED) is 0.800. The van der Waals surface area contributed by atoms with E-state index in [4.69, 9.17) is 16.3 Å². The fourth-order valence-corrected chi connectivity index (χ4v) is 2.20. The number of methoxy groups -OCH3 is 1. The molecule has 4 nitrogen and oxygen atoms in total. The van der Waals surface area contributed by atoms with E-state index in [0.29, 0.717) is 5.02 Å². The number of nitrogens with one attached hydrogen (secondary N) is 1. The number of hydrogen-bond acceptors (Lipinski definition) is 4. The van der Waals surface area contributed by atoms with E-state index in [1.165, 1.54) is 7.11 Å². The number of pyridine rings is 1. The zero-order valence-electron chi connectivity index (χ0n) is 8.94. The van der Waals surface area contributed by atoms with Crippen LogP contribution in [0.15, 0.2) is 18.5 Å². The summed E-state index contributed by atoms with van der Waals surface area (Å²) in [7, 11) is 1.40. The molecule has 0 amide bonds. The highest BCUT2D eigenvalue weighted by atomic mass is 35.5. The van der Waals surface area contributed by atoms with Crippen LogP contribution in [0.3, 0.4) is 0 Å². The van der Waals surface area contributed by atoms with Crippen molar-refractivity contribution >= 4 is 17.6 Å². The van der Waals surface area contributed by atoms with Gasteiger partial charge in [0, 0.05) is 29.0 Å². The van der Waals surface area contributed by atoms with E-state index in [9.17, 15) is 4.79 Å². The first-order valence-electron chi connectivity index (χ1n) is 5.15. The molecule has 5 heteroatoms. The maximum Gasteiger partial charge on any atom is 0.322 e. The molecule has 1 saturated heterocycles. The highest BCUT2D eigenvalue weighted by Gasteiger charge is 2.31. The first-order valence-corrected chi connectivity index (χ1v) is 5.53. The van der Waals surface area contributed by atoms with Gasteiger partial charge in [0.25, 0.3) is 0 Å². The summed E-state index contributed by atoms with van der Waals surface area (Å²) < 4.78 is 4.70. The lowest BCUT2D eigenvalue weighted by Crippen LogP contribution is -2.33. The number of ether oxygens (including phenoxy) is 1. The molecule has 1 aromatic heterocycles.